The molecule has 11 heteroatoms. The molecule has 1 aromatic heterocycles. The first-order valence-corrected chi connectivity index (χ1v) is 15.0. The predicted molar refractivity (Wildman–Crippen MR) is 158 cm³/mol. The Labute approximate surface area is 248 Å². The van der Waals surface area contributed by atoms with E-state index in [2.05, 4.69) is 34.3 Å². The van der Waals surface area contributed by atoms with Crippen molar-refractivity contribution in [2.45, 2.75) is 91.0 Å². The van der Waals surface area contributed by atoms with Crippen LogP contribution in [0.4, 0.5) is 0 Å². The fourth-order valence-electron chi connectivity index (χ4n) is 5.42. The number of likely N-dealkylation sites (tertiary alicyclic amines) is 1. The lowest BCUT2D eigenvalue weighted by Crippen LogP contribution is -2.58. The van der Waals surface area contributed by atoms with Crippen LogP contribution in [0.2, 0.25) is 0 Å². The van der Waals surface area contributed by atoms with Crippen molar-refractivity contribution in [2.75, 3.05) is 33.2 Å². The Kier molecular flexibility index (Phi) is 9.91. The number of carbonyl (C=O) groups excluding carboxylic acids is 3. The van der Waals surface area contributed by atoms with Crippen molar-refractivity contribution >= 4 is 17.7 Å². The number of nitrogens with one attached hydrogen (secondary N) is 1. The van der Waals surface area contributed by atoms with Gasteiger partial charge in [-0.15, -0.1) is 0 Å². The topological polar surface area (TPSA) is 121 Å². The van der Waals surface area contributed by atoms with E-state index < -0.39 is 18.0 Å². The highest BCUT2D eigenvalue weighted by Gasteiger charge is 2.40. The van der Waals surface area contributed by atoms with Crippen LogP contribution in [0.3, 0.4) is 0 Å². The van der Waals surface area contributed by atoms with Crippen molar-refractivity contribution < 1.29 is 23.6 Å². The molecule has 230 valence electrons. The minimum Gasteiger partial charge on any atom is -0.485 e. The van der Waals surface area contributed by atoms with Crippen molar-refractivity contribution in [3.63, 3.8) is 0 Å². The van der Waals surface area contributed by atoms with Gasteiger partial charge >= 0.3 is 0 Å². The highest BCUT2D eigenvalue weighted by Crippen LogP contribution is 2.25. The van der Waals surface area contributed by atoms with Gasteiger partial charge < -0.3 is 29.3 Å². The van der Waals surface area contributed by atoms with Gasteiger partial charge in [-0.1, -0.05) is 51.9 Å². The third-order valence-corrected chi connectivity index (χ3v) is 8.00. The minimum absolute atomic E-state index is 0.00486. The Morgan fingerprint density at radius 1 is 1.14 bits per heavy atom. The van der Waals surface area contributed by atoms with Gasteiger partial charge in [-0.05, 0) is 51.3 Å². The number of amides is 3. The molecule has 42 heavy (non-hydrogen) atoms. The SMILES string of the molecule is CC(C)C[C@@H](NC(=O)c1ccccc1OCc1noc(C(C)(C)C)n1)C(=O)N1CCC[C@@H]1C(=O)N1CCN(C)[C@H](C)C1. The van der Waals surface area contributed by atoms with Crippen LogP contribution >= 0.6 is 0 Å². The smallest absolute Gasteiger partial charge is 0.255 e. The second-order valence-corrected chi connectivity index (χ2v) is 13.0. The van der Waals surface area contributed by atoms with E-state index in [9.17, 15) is 14.4 Å². The zero-order valence-corrected chi connectivity index (χ0v) is 26.1. The van der Waals surface area contributed by atoms with E-state index >= 15 is 0 Å². The molecule has 4 rings (SSSR count). The number of nitrogens with zero attached hydrogens (tertiary/aromatic N) is 5. The van der Waals surface area contributed by atoms with Gasteiger partial charge in [0.05, 0.1) is 5.56 Å². The van der Waals surface area contributed by atoms with Gasteiger partial charge in [0, 0.05) is 37.6 Å². The molecule has 11 nitrogen and oxygen atoms in total. The van der Waals surface area contributed by atoms with E-state index in [0.29, 0.717) is 55.5 Å². The number of para-hydroxylation sites is 1. The summed E-state index contributed by atoms with van der Waals surface area (Å²) >= 11 is 0. The second kappa shape index (κ2) is 13.2. The lowest BCUT2D eigenvalue weighted by Gasteiger charge is -2.40. The fraction of sp³-hybridized carbons (Fsp3) is 0.645. The van der Waals surface area contributed by atoms with E-state index in [0.717, 1.165) is 13.0 Å². The highest BCUT2D eigenvalue weighted by molar-refractivity contribution is 6.00. The molecule has 3 amide bonds. The van der Waals surface area contributed by atoms with Crippen LogP contribution in [0, 0.1) is 5.92 Å². The summed E-state index contributed by atoms with van der Waals surface area (Å²) in [7, 11) is 2.06. The molecule has 0 radical (unpaired) electrons. The largest absolute Gasteiger partial charge is 0.485 e. The lowest BCUT2D eigenvalue weighted by atomic mass is 9.97. The average molecular weight is 583 g/mol. The van der Waals surface area contributed by atoms with Crippen LogP contribution in [-0.2, 0) is 21.6 Å². The van der Waals surface area contributed by atoms with Crippen LogP contribution in [0.1, 0.15) is 82.9 Å². The molecule has 3 atom stereocenters. The minimum atomic E-state index is -0.767. The summed E-state index contributed by atoms with van der Waals surface area (Å²) < 4.78 is 11.3. The van der Waals surface area contributed by atoms with E-state index in [1.54, 1.807) is 29.2 Å². The summed E-state index contributed by atoms with van der Waals surface area (Å²) in [5.41, 5.74) is 0.0159. The molecule has 0 aliphatic carbocycles. The van der Waals surface area contributed by atoms with Crippen molar-refractivity contribution in [3.8, 4) is 5.75 Å². The van der Waals surface area contributed by atoms with Crippen LogP contribution in [-0.4, -0.2) is 93.9 Å². The van der Waals surface area contributed by atoms with E-state index in [4.69, 9.17) is 9.26 Å². The number of rotatable bonds is 9. The van der Waals surface area contributed by atoms with Gasteiger partial charge in [0.25, 0.3) is 5.91 Å². The van der Waals surface area contributed by atoms with Crippen molar-refractivity contribution in [1.29, 1.82) is 0 Å². The molecule has 3 heterocycles. The van der Waals surface area contributed by atoms with Crippen molar-refractivity contribution in [1.82, 2.24) is 30.2 Å². The third-order valence-electron chi connectivity index (χ3n) is 8.00. The lowest BCUT2D eigenvalue weighted by molar-refractivity contribution is -0.146. The van der Waals surface area contributed by atoms with Gasteiger partial charge in [-0.2, -0.15) is 4.98 Å². The maximum absolute atomic E-state index is 13.9. The van der Waals surface area contributed by atoms with Gasteiger partial charge in [0.1, 0.15) is 17.8 Å². The van der Waals surface area contributed by atoms with E-state index in [-0.39, 0.29) is 35.8 Å². The first-order chi connectivity index (χ1) is 19.8. The normalized spacial score (nSPS) is 20.6. The number of hydrogen-bond donors (Lipinski definition) is 1. The van der Waals surface area contributed by atoms with Gasteiger partial charge in [-0.25, -0.2) is 0 Å². The molecule has 2 aromatic rings. The number of carbonyl (C=O) groups is 3. The third kappa shape index (κ3) is 7.48. The van der Waals surface area contributed by atoms with Crippen LogP contribution in [0.15, 0.2) is 28.8 Å². The number of hydrogen-bond acceptors (Lipinski definition) is 8. The second-order valence-electron chi connectivity index (χ2n) is 13.0. The molecule has 2 fully saturated rings. The fourth-order valence-corrected chi connectivity index (χ4v) is 5.42. The molecule has 0 unspecified atom stereocenters. The number of likely N-dealkylation sites (N-methyl/N-ethyl adjacent to an activating group) is 1. The Morgan fingerprint density at radius 3 is 2.55 bits per heavy atom. The van der Waals surface area contributed by atoms with Crippen LogP contribution in [0.25, 0.3) is 0 Å². The molecule has 0 bridgehead atoms. The molecule has 2 aliphatic rings. The molecule has 2 saturated heterocycles. The Hall–Kier alpha value is -3.47. The number of aromatic nitrogens is 2. The first kappa shape index (κ1) is 31.5. The van der Waals surface area contributed by atoms with Gasteiger partial charge in [-0.3, -0.25) is 14.4 Å². The first-order valence-electron chi connectivity index (χ1n) is 15.0. The number of piperazine rings is 1. The van der Waals surface area contributed by atoms with Crippen molar-refractivity contribution in [3.05, 3.63) is 41.5 Å². The maximum atomic E-state index is 13.9. The molecular weight excluding hydrogens is 536 g/mol. The predicted octanol–water partition coefficient (Wildman–Crippen LogP) is 3.24. The average Bonchev–Trinajstić information content (AvgIpc) is 3.62. The summed E-state index contributed by atoms with van der Waals surface area (Å²) in [6, 6.07) is 5.89. The molecule has 2 aliphatic heterocycles. The Balaban J connectivity index is 1.46. The molecule has 0 spiro atoms. The van der Waals surface area contributed by atoms with Crippen LogP contribution in [0.5, 0.6) is 5.75 Å². The van der Waals surface area contributed by atoms with Gasteiger partial charge in [0.15, 0.2) is 6.61 Å². The summed E-state index contributed by atoms with van der Waals surface area (Å²) in [5.74, 6) is 0.760. The zero-order valence-electron chi connectivity index (χ0n) is 26.1. The number of ether oxygens (including phenoxy) is 1. The molecular formula is C31H46N6O5. The van der Waals surface area contributed by atoms with Crippen molar-refractivity contribution in [2.24, 2.45) is 5.92 Å². The molecule has 1 N–H and O–H groups in total. The Bertz CT molecular complexity index is 1250. The standard InChI is InChI=1S/C31H46N6O5/c1-20(2)17-23(28(39)37-14-10-12-24(37)29(40)36-16-15-35(7)21(3)18-36)32-27(38)22-11-8-9-13-25(22)41-19-26-33-30(42-34-26)31(4,5)6/h8-9,11,13,20-21,23-24H,10,12,14-19H2,1-7H3,(H,32,38)/t21-,23-,24-/m1/s1. The summed E-state index contributed by atoms with van der Waals surface area (Å²) in [6.07, 6.45) is 1.85. The zero-order chi connectivity index (χ0) is 30.6. The molecule has 1 aromatic carbocycles. The van der Waals surface area contributed by atoms with E-state index in [1.807, 2.05) is 39.5 Å². The number of benzene rings is 1. The van der Waals surface area contributed by atoms with Gasteiger partial charge in [0.2, 0.25) is 23.5 Å². The highest BCUT2D eigenvalue weighted by atomic mass is 16.5. The summed E-state index contributed by atoms with van der Waals surface area (Å²) in [6.45, 7) is 14.7. The molecule has 0 saturated carbocycles. The summed E-state index contributed by atoms with van der Waals surface area (Å²) in [4.78, 5) is 51.2. The maximum Gasteiger partial charge on any atom is 0.255 e. The van der Waals surface area contributed by atoms with E-state index in [1.165, 1.54) is 0 Å². The van der Waals surface area contributed by atoms with Crippen LogP contribution < -0.4 is 10.1 Å². The monoisotopic (exact) mass is 582 g/mol. The quantitative estimate of drug-likeness (QED) is 0.479. The Morgan fingerprint density at radius 2 is 1.88 bits per heavy atom. The summed E-state index contributed by atoms with van der Waals surface area (Å²) in [5, 5.41) is 6.95.